The van der Waals surface area contributed by atoms with Crippen molar-refractivity contribution in [1.82, 2.24) is 29.5 Å². The van der Waals surface area contributed by atoms with Crippen LogP contribution in [0.1, 0.15) is 12.5 Å². The highest BCUT2D eigenvalue weighted by atomic mass is 16.3. The van der Waals surface area contributed by atoms with Gasteiger partial charge in [-0.3, -0.25) is 14.4 Å². The fraction of sp³-hybridized carbons (Fsp3) is 0.500. The second-order valence-corrected chi connectivity index (χ2v) is 6.10. The van der Waals surface area contributed by atoms with Crippen LogP contribution in [0.2, 0.25) is 0 Å². The van der Waals surface area contributed by atoms with Crippen LogP contribution < -0.4 is 0 Å². The Kier molecular flexibility index (Phi) is 4.86. The zero-order valence-corrected chi connectivity index (χ0v) is 14.0. The van der Waals surface area contributed by atoms with Gasteiger partial charge in [0.05, 0.1) is 11.8 Å². The molecule has 0 aliphatic carbocycles. The summed E-state index contributed by atoms with van der Waals surface area (Å²) < 4.78 is 1.72. The van der Waals surface area contributed by atoms with Crippen LogP contribution >= 0.6 is 0 Å². The molecule has 0 bridgehead atoms. The molecule has 24 heavy (non-hydrogen) atoms. The average molecular weight is 330 g/mol. The Morgan fingerprint density at radius 2 is 1.88 bits per heavy atom. The molecular formula is C16H22N6O2. The zero-order chi connectivity index (χ0) is 17.1. The van der Waals surface area contributed by atoms with E-state index in [9.17, 15) is 9.90 Å². The van der Waals surface area contributed by atoms with E-state index in [-0.39, 0.29) is 5.91 Å². The molecule has 1 N–H and O–H groups in total. The first-order valence-electron chi connectivity index (χ1n) is 8.02. The molecule has 0 spiro atoms. The van der Waals surface area contributed by atoms with Gasteiger partial charge in [-0.2, -0.15) is 5.10 Å². The summed E-state index contributed by atoms with van der Waals surface area (Å²) in [6, 6.07) is 0. The molecule has 1 aliphatic heterocycles. The molecule has 1 saturated heterocycles. The van der Waals surface area contributed by atoms with Gasteiger partial charge < -0.3 is 10.0 Å². The summed E-state index contributed by atoms with van der Waals surface area (Å²) in [6.07, 6.45) is 6.37. The fourth-order valence-corrected chi connectivity index (χ4v) is 2.77. The Balaban J connectivity index is 1.55. The van der Waals surface area contributed by atoms with Gasteiger partial charge in [-0.15, -0.1) is 0 Å². The van der Waals surface area contributed by atoms with Crippen LogP contribution in [-0.4, -0.2) is 72.8 Å². The number of aromatic nitrogens is 4. The molecule has 1 unspecified atom stereocenters. The molecule has 1 atom stereocenters. The quantitative estimate of drug-likeness (QED) is 0.842. The predicted octanol–water partition coefficient (Wildman–Crippen LogP) is -0.0979. The first-order chi connectivity index (χ1) is 11.5. The molecule has 1 amide bonds. The number of hydrogen-bond donors (Lipinski definition) is 1. The molecule has 3 rings (SSSR count). The van der Waals surface area contributed by atoms with Gasteiger partial charge in [0.15, 0.2) is 5.82 Å². The molecule has 0 aromatic carbocycles. The highest BCUT2D eigenvalue weighted by Crippen LogP contribution is 2.14. The van der Waals surface area contributed by atoms with Gasteiger partial charge in [-0.1, -0.05) is 0 Å². The van der Waals surface area contributed by atoms with Crippen molar-refractivity contribution in [3.05, 3.63) is 30.4 Å². The lowest BCUT2D eigenvalue weighted by Gasteiger charge is -2.35. The number of piperazine rings is 1. The number of rotatable bonds is 4. The number of amides is 1. The fourth-order valence-electron chi connectivity index (χ4n) is 2.77. The Morgan fingerprint density at radius 3 is 2.42 bits per heavy atom. The van der Waals surface area contributed by atoms with Crippen molar-refractivity contribution in [2.24, 2.45) is 7.05 Å². The van der Waals surface area contributed by atoms with E-state index in [0.717, 1.165) is 30.8 Å². The maximum atomic E-state index is 11.8. The summed E-state index contributed by atoms with van der Waals surface area (Å²) in [5, 5.41) is 13.5. The summed E-state index contributed by atoms with van der Waals surface area (Å²) in [4.78, 5) is 24.5. The summed E-state index contributed by atoms with van der Waals surface area (Å²) in [7, 11) is 1.86. The van der Waals surface area contributed by atoms with Crippen LogP contribution in [0.15, 0.2) is 24.8 Å². The third-order valence-corrected chi connectivity index (χ3v) is 4.12. The van der Waals surface area contributed by atoms with E-state index >= 15 is 0 Å². The lowest BCUT2D eigenvalue weighted by Crippen LogP contribution is -2.50. The summed E-state index contributed by atoms with van der Waals surface area (Å²) >= 11 is 0. The number of carbonyl (C=O) groups excluding carboxylic acids is 1. The normalized spacial score (nSPS) is 17.0. The van der Waals surface area contributed by atoms with E-state index in [1.54, 1.807) is 15.8 Å². The summed E-state index contributed by atoms with van der Waals surface area (Å²) in [5.41, 5.74) is 1.94. The van der Waals surface area contributed by atoms with Crippen LogP contribution in [0.4, 0.5) is 0 Å². The van der Waals surface area contributed by atoms with Gasteiger partial charge in [0.25, 0.3) is 5.91 Å². The van der Waals surface area contributed by atoms with Gasteiger partial charge in [0, 0.05) is 63.9 Å². The Labute approximate surface area is 140 Å². The van der Waals surface area contributed by atoms with Gasteiger partial charge in [0.2, 0.25) is 0 Å². The SMILES string of the molecule is CC(O)C(=O)N1CCN(Cc2cnc(-c3cnn(C)c3)nc2)CC1. The first-order valence-corrected chi connectivity index (χ1v) is 8.02. The third-order valence-electron chi connectivity index (χ3n) is 4.12. The van der Waals surface area contributed by atoms with Gasteiger partial charge in [-0.25, -0.2) is 9.97 Å². The number of nitrogens with zero attached hydrogens (tertiary/aromatic N) is 6. The van der Waals surface area contributed by atoms with Crippen LogP contribution in [0.5, 0.6) is 0 Å². The minimum Gasteiger partial charge on any atom is -0.384 e. The van der Waals surface area contributed by atoms with Crippen molar-refractivity contribution in [2.75, 3.05) is 26.2 Å². The standard InChI is InChI=1S/C16H22N6O2/c1-12(23)16(24)22-5-3-21(4-6-22)10-13-7-17-15(18-8-13)14-9-19-20(2)11-14/h7-9,11-12,23H,3-6,10H2,1-2H3. The largest absolute Gasteiger partial charge is 0.384 e. The molecule has 8 heteroatoms. The smallest absolute Gasteiger partial charge is 0.251 e. The lowest BCUT2D eigenvalue weighted by atomic mass is 10.2. The Hall–Kier alpha value is -2.32. The van der Waals surface area contributed by atoms with Crippen LogP contribution in [0, 0.1) is 0 Å². The number of aliphatic hydroxyl groups excluding tert-OH is 1. The van der Waals surface area contributed by atoms with Crippen molar-refractivity contribution in [1.29, 1.82) is 0 Å². The molecule has 0 radical (unpaired) electrons. The molecular weight excluding hydrogens is 308 g/mol. The Bertz CT molecular complexity index is 689. The third kappa shape index (κ3) is 3.77. The summed E-state index contributed by atoms with van der Waals surface area (Å²) in [6.45, 7) is 5.10. The maximum Gasteiger partial charge on any atom is 0.251 e. The first kappa shape index (κ1) is 16.5. The lowest BCUT2D eigenvalue weighted by molar-refractivity contribution is -0.141. The van der Waals surface area contributed by atoms with E-state index in [1.165, 1.54) is 6.92 Å². The molecule has 128 valence electrons. The average Bonchev–Trinajstić information content (AvgIpc) is 3.02. The van der Waals surface area contributed by atoms with Crippen molar-refractivity contribution < 1.29 is 9.90 Å². The van der Waals surface area contributed by atoms with E-state index in [4.69, 9.17) is 0 Å². The van der Waals surface area contributed by atoms with Gasteiger partial charge in [0.1, 0.15) is 6.10 Å². The van der Waals surface area contributed by atoms with Crippen LogP contribution in [0.25, 0.3) is 11.4 Å². The molecule has 1 aliphatic rings. The highest BCUT2D eigenvalue weighted by molar-refractivity contribution is 5.80. The van der Waals surface area contributed by atoms with Crippen molar-refractivity contribution >= 4 is 5.91 Å². The number of hydrogen-bond acceptors (Lipinski definition) is 6. The molecule has 8 nitrogen and oxygen atoms in total. The van der Waals surface area contributed by atoms with Crippen molar-refractivity contribution in [3.63, 3.8) is 0 Å². The second kappa shape index (κ2) is 7.06. The topological polar surface area (TPSA) is 87.4 Å². The van der Waals surface area contributed by atoms with Gasteiger partial charge in [-0.05, 0) is 6.92 Å². The molecule has 2 aromatic heterocycles. The summed E-state index contributed by atoms with van der Waals surface area (Å²) in [5.74, 6) is 0.470. The number of aliphatic hydroxyl groups is 1. The van der Waals surface area contributed by atoms with E-state index in [0.29, 0.717) is 18.9 Å². The number of carbonyl (C=O) groups is 1. The molecule has 2 aromatic rings. The van der Waals surface area contributed by atoms with E-state index in [1.807, 2.05) is 25.6 Å². The highest BCUT2D eigenvalue weighted by Gasteiger charge is 2.23. The predicted molar refractivity (Wildman–Crippen MR) is 87.8 cm³/mol. The molecule has 3 heterocycles. The van der Waals surface area contributed by atoms with Crippen LogP contribution in [-0.2, 0) is 18.4 Å². The zero-order valence-electron chi connectivity index (χ0n) is 14.0. The monoisotopic (exact) mass is 330 g/mol. The number of aryl methyl sites for hydroxylation is 1. The van der Waals surface area contributed by atoms with E-state index < -0.39 is 6.10 Å². The molecule has 0 saturated carbocycles. The second-order valence-electron chi connectivity index (χ2n) is 6.10. The van der Waals surface area contributed by atoms with Crippen molar-refractivity contribution in [2.45, 2.75) is 19.6 Å². The van der Waals surface area contributed by atoms with E-state index in [2.05, 4.69) is 20.0 Å². The Morgan fingerprint density at radius 1 is 1.21 bits per heavy atom. The molecule has 1 fully saturated rings. The van der Waals surface area contributed by atoms with Crippen molar-refractivity contribution in [3.8, 4) is 11.4 Å². The van der Waals surface area contributed by atoms with Gasteiger partial charge >= 0.3 is 0 Å². The maximum absolute atomic E-state index is 11.8. The minimum atomic E-state index is -0.926. The van der Waals surface area contributed by atoms with Crippen LogP contribution in [0.3, 0.4) is 0 Å². The minimum absolute atomic E-state index is 0.196.